The molecule has 0 bridgehead atoms. The smallest absolute Gasteiger partial charge is 0.175 e. The van der Waals surface area contributed by atoms with E-state index in [0.717, 1.165) is 16.5 Å². The summed E-state index contributed by atoms with van der Waals surface area (Å²) in [5, 5.41) is 0. The largest absolute Gasteiger partial charge is 0.493 e. The Bertz CT molecular complexity index is 413. The molecule has 17 heavy (non-hydrogen) atoms. The molecule has 0 aliphatic heterocycles. The van der Waals surface area contributed by atoms with Gasteiger partial charge in [0.15, 0.2) is 11.5 Å². The Kier molecular flexibility index (Phi) is 5.88. The molecule has 0 spiro atoms. The molecule has 92 valence electrons. The predicted molar refractivity (Wildman–Crippen MR) is 72.1 cm³/mol. The second kappa shape index (κ2) is 7.21. The SMILES string of the molecule is C#CCCCOc1c(Br)cc(CN)cc1OC. The van der Waals surface area contributed by atoms with Crippen molar-refractivity contribution in [3.8, 4) is 23.8 Å². The first-order chi connectivity index (χ1) is 8.22. The van der Waals surface area contributed by atoms with E-state index >= 15 is 0 Å². The number of halogens is 1. The fourth-order valence-corrected chi connectivity index (χ4v) is 1.98. The third kappa shape index (κ3) is 3.95. The van der Waals surface area contributed by atoms with Crippen LogP contribution in [0.2, 0.25) is 0 Å². The van der Waals surface area contributed by atoms with Crippen LogP contribution in [0.4, 0.5) is 0 Å². The van der Waals surface area contributed by atoms with Gasteiger partial charge in [0.05, 0.1) is 18.2 Å². The summed E-state index contributed by atoms with van der Waals surface area (Å²) in [5.41, 5.74) is 6.58. The summed E-state index contributed by atoms with van der Waals surface area (Å²) in [5.74, 6) is 3.95. The molecule has 1 aromatic rings. The summed E-state index contributed by atoms with van der Waals surface area (Å²) in [6, 6.07) is 3.81. The summed E-state index contributed by atoms with van der Waals surface area (Å²) in [6.07, 6.45) is 6.71. The van der Waals surface area contributed by atoms with Gasteiger partial charge < -0.3 is 15.2 Å². The van der Waals surface area contributed by atoms with Gasteiger partial charge in [-0.05, 0) is 40.0 Å². The van der Waals surface area contributed by atoms with Gasteiger partial charge in [0.1, 0.15) is 0 Å². The van der Waals surface area contributed by atoms with Gasteiger partial charge in [-0.15, -0.1) is 12.3 Å². The van der Waals surface area contributed by atoms with E-state index < -0.39 is 0 Å². The van der Waals surface area contributed by atoms with Gasteiger partial charge in [0.2, 0.25) is 0 Å². The van der Waals surface area contributed by atoms with Crippen molar-refractivity contribution in [1.29, 1.82) is 0 Å². The molecule has 0 unspecified atom stereocenters. The number of benzene rings is 1. The zero-order valence-corrected chi connectivity index (χ0v) is 11.4. The minimum atomic E-state index is 0.465. The highest BCUT2D eigenvalue weighted by Gasteiger charge is 2.10. The second-order valence-electron chi connectivity index (χ2n) is 3.47. The number of unbranched alkanes of at least 4 members (excludes halogenated alkanes) is 1. The standard InChI is InChI=1S/C13H16BrNO2/c1-3-4-5-6-17-13-11(14)7-10(9-15)8-12(13)16-2/h1,7-8H,4-6,9,15H2,2H3. The molecule has 0 aliphatic rings. The fraction of sp³-hybridized carbons (Fsp3) is 0.385. The Balaban J connectivity index is 2.79. The van der Waals surface area contributed by atoms with Crippen molar-refractivity contribution in [1.82, 2.24) is 0 Å². The van der Waals surface area contributed by atoms with Crippen LogP contribution in [-0.2, 0) is 6.54 Å². The molecule has 3 nitrogen and oxygen atoms in total. The first kappa shape index (κ1) is 13.9. The number of hydrogen-bond acceptors (Lipinski definition) is 3. The lowest BCUT2D eigenvalue weighted by Crippen LogP contribution is -2.02. The minimum absolute atomic E-state index is 0.465. The Labute approximate surface area is 110 Å². The molecule has 1 aromatic carbocycles. The highest BCUT2D eigenvalue weighted by Crippen LogP contribution is 2.36. The van der Waals surface area contributed by atoms with Gasteiger partial charge >= 0.3 is 0 Å². The van der Waals surface area contributed by atoms with E-state index in [1.165, 1.54) is 0 Å². The highest BCUT2D eigenvalue weighted by atomic mass is 79.9. The van der Waals surface area contributed by atoms with E-state index in [-0.39, 0.29) is 0 Å². The molecule has 0 aromatic heterocycles. The van der Waals surface area contributed by atoms with Gasteiger partial charge in [-0.3, -0.25) is 0 Å². The van der Waals surface area contributed by atoms with Crippen LogP contribution in [0, 0.1) is 12.3 Å². The van der Waals surface area contributed by atoms with Crippen molar-refractivity contribution in [2.75, 3.05) is 13.7 Å². The number of ether oxygens (including phenoxy) is 2. The predicted octanol–water partition coefficient (Wildman–Crippen LogP) is 2.71. The molecule has 0 saturated carbocycles. The first-order valence-corrected chi connectivity index (χ1v) is 6.15. The molecule has 0 atom stereocenters. The third-order valence-electron chi connectivity index (χ3n) is 2.24. The first-order valence-electron chi connectivity index (χ1n) is 5.35. The van der Waals surface area contributed by atoms with Crippen LogP contribution in [0.5, 0.6) is 11.5 Å². The van der Waals surface area contributed by atoms with Gasteiger partial charge in [-0.25, -0.2) is 0 Å². The van der Waals surface area contributed by atoms with Gasteiger partial charge in [0.25, 0.3) is 0 Å². The Morgan fingerprint density at radius 3 is 2.82 bits per heavy atom. The molecule has 4 heteroatoms. The van der Waals surface area contributed by atoms with Crippen LogP contribution in [0.1, 0.15) is 18.4 Å². The van der Waals surface area contributed by atoms with Crippen molar-refractivity contribution >= 4 is 15.9 Å². The quantitative estimate of drug-likeness (QED) is 0.649. The summed E-state index contributed by atoms with van der Waals surface area (Å²) in [4.78, 5) is 0. The van der Waals surface area contributed by atoms with Crippen molar-refractivity contribution in [2.24, 2.45) is 5.73 Å². The van der Waals surface area contributed by atoms with Crippen LogP contribution < -0.4 is 15.2 Å². The van der Waals surface area contributed by atoms with E-state index in [4.69, 9.17) is 21.6 Å². The normalized spacial score (nSPS) is 9.76. The monoisotopic (exact) mass is 297 g/mol. The molecule has 0 amide bonds. The molecule has 0 aliphatic carbocycles. The second-order valence-corrected chi connectivity index (χ2v) is 4.32. The van der Waals surface area contributed by atoms with Crippen molar-refractivity contribution in [3.63, 3.8) is 0 Å². The number of methoxy groups -OCH3 is 1. The molecular weight excluding hydrogens is 282 g/mol. The maximum absolute atomic E-state index is 5.65. The number of rotatable bonds is 6. The van der Waals surface area contributed by atoms with Crippen LogP contribution in [0.3, 0.4) is 0 Å². The number of hydrogen-bond donors (Lipinski definition) is 1. The zero-order chi connectivity index (χ0) is 12.7. The topological polar surface area (TPSA) is 44.5 Å². The van der Waals surface area contributed by atoms with E-state index in [2.05, 4.69) is 21.9 Å². The third-order valence-corrected chi connectivity index (χ3v) is 2.83. The summed E-state index contributed by atoms with van der Waals surface area (Å²) >= 11 is 3.45. The lowest BCUT2D eigenvalue weighted by atomic mass is 10.2. The van der Waals surface area contributed by atoms with Gasteiger partial charge in [-0.2, -0.15) is 0 Å². The fourth-order valence-electron chi connectivity index (χ4n) is 1.38. The molecule has 0 fully saturated rings. The molecule has 0 radical (unpaired) electrons. The summed E-state index contributed by atoms with van der Waals surface area (Å²) in [6.45, 7) is 1.04. The molecule has 0 heterocycles. The van der Waals surface area contributed by atoms with E-state index in [0.29, 0.717) is 31.1 Å². The molecule has 1 rings (SSSR count). The van der Waals surface area contributed by atoms with Crippen molar-refractivity contribution in [2.45, 2.75) is 19.4 Å². The molecule has 0 saturated heterocycles. The number of terminal acetylenes is 1. The maximum atomic E-state index is 5.65. The van der Waals surface area contributed by atoms with E-state index in [1.54, 1.807) is 7.11 Å². The van der Waals surface area contributed by atoms with E-state index in [1.807, 2.05) is 12.1 Å². The Morgan fingerprint density at radius 1 is 1.47 bits per heavy atom. The molecular formula is C13H16BrNO2. The van der Waals surface area contributed by atoms with Crippen LogP contribution >= 0.6 is 15.9 Å². The summed E-state index contributed by atoms with van der Waals surface area (Å²) in [7, 11) is 1.61. The lowest BCUT2D eigenvalue weighted by Gasteiger charge is -2.13. The van der Waals surface area contributed by atoms with Crippen LogP contribution in [-0.4, -0.2) is 13.7 Å². The lowest BCUT2D eigenvalue weighted by molar-refractivity contribution is 0.289. The van der Waals surface area contributed by atoms with Gasteiger partial charge in [0, 0.05) is 13.0 Å². The van der Waals surface area contributed by atoms with Crippen LogP contribution in [0.15, 0.2) is 16.6 Å². The summed E-state index contributed by atoms with van der Waals surface area (Å²) < 4.78 is 11.8. The highest BCUT2D eigenvalue weighted by molar-refractivity contribution is 9.10. The Hall–Kier alpha value is -1.18. The van der Waals surface area contributed by atoms with Crippen molar-refractivity contribution < 1.29 is 9.47 Å². The average molecular weight is 298 g/mol. The van der Waals surface area contributed by atoms with Gasteiger partial charge in [-0.1, -0.05) is 0 Å². The van der Waals surface area contributed by atoms with Crippen LogP contribution in [0.25, 0.3) is 0 Å². The minimum Gasteiger partial charge on any atom is -0.493 e. The Morgan fingerprint density at radius 2 is 2.24 bits per heavy atom. The average Bonchev–Trinajstić information content (AvgIpc) is 2.35. The van der Waals surface area contributed by atoms with Crippen molar-refractivity contribution in [3.05, 3.63) is 22.2 Å². The maximum Gasteiger partial charge on any atom is 0.175 e. The molecule has 2 N–H and O–H groups in total. The van der Waals surface area contributed by atoms with E-state index in [9.17, 15) is 0 Å². The number of nitrogens with two attached hydrogens (primary N) is 1. The zero-order valence-electron chi connectivity index (χ0n) is 9.83.